The standard InChI is InChI=1S/C12H10N2O4/c15-7-11(16)14-18-12(17)10-5-8-3-1-2-4-9(8)6-13-10/h1-6,15H,7H2,(H,14,16). The van der Waals surface area contributed by atoms with E-state index in [1.807, 2.05) is 24.3 Å². The number of rotatable bonds is 2. The number of hydrogen-bond acceptors (Lipinski definition) is 5. The van der Waals surface area contributed by atoms with Gasteiger partial charge in [0, 0.05) is 11.6 Å². The summed E-state index contributed by atoms with van der Waals surface area (Å²) in [6.07, 6.45) is 1.54. The second-order valence-electron chi connectivity index (χ2n) is 3.49. The van der Waals surface area contributed by atoms with Gasteiger partial charge in [-0.05, 0) is 11.5 Å². The van der Waals surface area contributed by atoms with Crippen molar-refractivity contribution in [2.75, 3.05) is 6.61 Å². The van der Waals surface area contributed by atoms with Crippen LogP contribution >= 0.6 is 0 Å². The maximum absolute atomic E-state index is 11.5. The van der Waals surface area contributed by atoms with Gasteiger partial charge in [0.05, 0.1) is 0 Å². The Labute approximate surface area is 102 Å². The van der Waals surface area contributed by atoms with E-state index < -0.39 is 18.5 Å². The second kappa shape index (κ2) is 5.24. The fraction of sp³-hybridized carbons (Fsp3) is 0.0833. The van der Waals surface area contributed by atoms with Gasteiger partial charge in [0.1, 0.15) is 6.61 Å². The highest BCUT2D eigenvalue weighted by atomic mass is 16.7. The monoisotopic (exact) mass is 246 g/mol. The molecule has 1 aromatic carbocycles. The number of carbonyl (C=O) groups excluding carboxylic acids is 2. The molecule has 6 nitrogen and oxygen atoms in total. The zero-order valence-electron chi connectivity index (χ0n) is 9.29. The lowest BCUT2D eigenvalue weighted by Crippen LogP contribution is -2.29. The summed E-state index contributed by atoms with van der Waals surface area (Å²) in [5, 5.41) is 10.2. The maximum atomic E-state index is 11.5. The molecule has 0 aliphatic rings. The number of aromatic nitrogens is 1. The van der Waals surface area contributed by atoms with Crippen LogP contribution in [0.1, 0.15) is 10.5 Å². The lowest BCUT2D eigenvalue weighted by molar-refractivity contribution is -0.132. The molecule has 0 atom stereocenters. The Morgan fingerprint density at radius 2 is 2.00 bits per heavy atom. The number of aliphatic hydroxyl groups excluding tert-OH is 1. The van der Waals surface area contributed by atoms with Gasteiger partial charge in [0.2, 0.25) is 0 Å². The number of aliphatic hydroxyl groups is 1. The summed E-state index contributed by atoms with van der Waals surface area (Å²) in [5.74, 6) is -1.59. The van der Waals surface area contributed by atoms with Crippen molar-refractivity contribution < 1.29 is 19.5 Å². The summed E-state index contributed by atoms with van der Waals surface area (Å²) < 4.78 is 0. The number of nitrogens with one attached hydrogen (secondary N) is 1. The Morgan fingerprint density at radius 1 is 1.28 bits per heavy atom. The Balaban J connectivity index is 2.15. The van der Waals surface area contributed by atoms with Gasteiger partial charge in [0.25, 0.3) is 5.91 Å². The SMILES string of the molecule is O=C(CO)NOC(=O)c1cc2ccccc2cn1. The number of pyridine rings is 1. The number of hydrogen-bond donors (Lipinski definition) is 2. The number of hydroxylamine groups is 1. The van der Waals surface area contributed by atoms with Crippen LogP contribution in [0.15, 0.2) is 36.5 Å². The summed E-state index contributed by atoms with van der Waals surface area (Å²) >= 11 is 0. The van der Waals surface area contributed by atoms with Crippen molar-refractivity contribution in [2.45, 2.75) is 0 Å². The van der Waals surface area contributed by atoms with Crippen LogP contribution in [0, 0.1) is 0 Å². The van der Waals surface area contributed by atoms with Gasteiger partial charge >= 0.3 is 5.97 Å². The summed E-state index contributed by atoms with van der Waals surface area (Å²) in [6, 6.07) is 8.96. The molecule has 1 amide bonds. The van der Waals surface area contributed by atoms with Crippen molar-refractivity contribution in [3.8, 4) is 0 Å². The zero-order valence-corrected chi connectivity index (χ0v) is 9.29. The van der Waals surface area contributed by atoms with E-state index in [2.05, 4.69) is 9.82 Å². The van der Waals surface area contributed by atoms with E-state index in [1.54, 1.807) is 17.7 Å². The fourth-order valence-corrected chi connectivity index (χ4v) is 1.38. The van der Waals surface area contributed by atoms with E-state index in [9.17, 15) is 9.59 Å². The molecule has 0 spiro atoms. The van der Waals surface area contributed by atoms with Gasteiger partial charge in [-0.25, -0.2) is 9.78 Å². The van der Waals surface area contributed by atoms with E-state index in [4.69, 9.17) is 5.11 Å². The molecule has 0 saturated carbocycles. The van der Waals surface area contributed by atoms with Gasteiger partial charge in [0.15, 0.2) is 5.69 Å². The van der Waals surface area contributed by atoms with Crippen molar-refractivity contribution in [1.29, 1.82) is 0 Å². The summed E-state index contributed by atoms with van der Waals surface area (Å²) in [4.78, 5) is 30.6. The molecule has 2 N–H and O–H groups in total. The molecule has 0 fully saturated rings. The minimum absolute atomic E-state index is 0.0759. The summed E-state index contributed by atoms with van der Waals surface area (Å²) in [5.41, 5.74) is 1.88. The van der Waals surface area contributed by atoms with Crippen molar-refractivity contribution >= 4 is 22.6 Å². The topological polar surface area (TPSA) is 88.5 Å². The number of fused-ring (bicyclic) bond motifs is 1. The lowest BCUT2D eigenvalue weighted by atomic mass is 10.1. The molecule has 0 bridgehead atoms. The molecule has 6 heteroatoms. The van der Waals surface area contributed by atoms with Gasteiger partial charge < -0.3 is 9.94 Å². The van der Waals surface area contributed by atoms with Crippen molar-refractivity contribution in [3.05, 3.63) is 42.2 Å². The molecule has 92 valence electrons. The van der Waals surface area contributed by atoms with Crippen LogP contribution in [0.3, 0.4) is 0 Å². The zero-order chi connectivity index (χ0) is 13.0. The van der Waals surface area contributed by atoms with Crippen LogP contribution in [0.5, 0.6) is 0 Å². The first-order valence-electron chi connectivity index (χ1n) is 5.16. The number of benzene rings is 1. The minimum atomic E-state index is -0.802. The second-order valence-corrected chi connectivity index (χ2v) is 3.49. The van der Waals surface area contributed by atoms with Crippen LogP contribution in [0.25, 0.3) is 10.8 Å². The van der Waals surface area contributed by atoms with E-state index >= 15 is 0 Å². The first-order valence-corrected chi connectivity index (χ1v) is 5.16. The highest BCUT2D eigenvalue weighted by Gasteiger charge is 2.11. The van der Waals surface area contributed by atoms with Crippen LogP contribution < -0.4 is 5.48 Å². The molecule has 0 radical (unpaired) electrons. The number of carbonyl (C=O) groups is 2. The first-order chi connectivity index (χ1) is 8.70. The van der Waals surface area contributed by atoms with Crippen LogP contribution in [0.2, 0.25) is 0 Å². The molecule has 0 aliphatic heterocycles. The number of amides is 1. The molecule has 0 unspecified atom stereocenters. The third kappa shape index (κ3) is 2.61. The molecule has 18 heavy (non-hydrogen) atoms. The van der Waals surface area contributed by atoms with Crippen LogP contribution in [-0.2, 0) is 9.63 Å². The third-order valence-electron chi connectivity index (χ3n) is 2.24. The van der Waals surface area contributed by atoms with Crippen LogP contribution in [-0.4, -0.2) is 28.6 Å². The Bertz CT molecular complexity index is 597. The van der Waals surface area contributed by atoms with Gasteiger partial charge in [-0.15, -0.1) is 0 Å². The highest BCUT2D eigenvalue weighted by Crippen LogP contribution is 2.13. The summed E-state index contributed by atoms with van der Waals surface area (Å²) in [7, 11) is 0. The van der Waals surface area contributed by atoms with E-state index in [1.165, 1.54) is 0 Å². The molecule has 1 aromatic heterocycles. The molecule has 1 heterocycles. The van der Waals surface area contributed by atoms with Gasteiger partial charge in [-0.3, -0.25) is 4.79 Å². The lowest BCUT2D eigenvalue weighted by Gasteiger charge is -2.04. The van der Waals surface area contributed by atoms with E-state index in [0.29, 0.717) is 0 Å². The molecule has 0 saturated heterocycles. The van der Waals surface area contributed by atoms with Gasteiger partial charge in [-0.1, -0.05) is 24.3 Å². The Hall–Kier alpha value is -2.47. The Morgan fingerprint density at radius 3 is 2.72 bits per heavy atom. The number of nitrogens with zero attached hydrogens (tertiary/aromatic N) is 1. The van der Waals surface area contributed by atoms with E-state index in [-0.39, 0.29) is 5.69 Å². The predicted molar refractivity (Wildman–Crippen MR) is 62.4 cm³/mol. The molecule has 0 aliphatic carbocycles. The summed E-state index contributed by atoms with van der Waals surface area (Å²) in [6.45, 7) is -0.752. The average molecular weight is 246 g/mol. The maximum Gasteiger partial charge on any atom is 0.381 e. The highest BCUT2D eigenvalue weighted by molar-refractivity contribution is 5.93. The molecule has 2 aromatic rings. The van der Waals surface area contributed by atoms with Crippen LogP contribution in [0.4, 0.5) is 0 Å². The molecular formula is C12H10N2O4. The minimum Gasteiger partial charge on any atom is -0.386 e. The first kappa shape index (κ1) is 12.0. The predicted octanol–water partition coefficient (Wildman–Crippen LogP) is 0.415. The van der Waals surface area contributed by atoms with Crippen molar-refractivity contribution in [2.24, 2.45) is 0 Å². The Kier molecular flexibility index (Phi) is 3.49. The van der Waals surface area contributed by atoms with Crippen molar-refractivity contribution in [3.63, 3.8) is 0 Å². The fourth-order valence-electron chi connectivity index (χ4n) is 1.38. The third-order valence-corrected chi connectivity index (χ3v) is 2.24. The average Bonchev–Trinajstić information content (AvgIpc) is 2.43. The van der Waals surface area contributed by atoms with E-state index in [0.717, 1.165) is 10.8 Å². The quantitative estimate of drug-likeness (QED) is 0.749. The normalized spacial score (nSPS) is 10.1. The van der Waals surface area contributed by atoms with Gasteiger partial charge in [-0.2, -0.15) is 5.48 Å². The largest absolute Gasteiger partial charge is 0.386 e. The smallest absolute Gasteiger partial charge is 0.381 e. The molecule has 2 rings (SSSR count). The molecular weight excluding hydrogens is 236 g/mol. The van der Waals surface area contributed by atoms with Crippen molar-refractivity contribution in [1.82, 2.24) is 10.5 Å².